The van der Waals surface area contributed by atoms with E-state index in [-0.39, 0.29) is 21.9 Å². The van der Waals surface area contributed by atoms with Gasteiger partial charge in [-0.15, -0.1) is 11.3 Å². The van der Waals surface area contributed by atoms with Crippen LogP contribution in [-0.2, 0) is 10.0 Å². The van der Waals surface area contributed by atoms with Gasteiger partial charge in [-0.25, -0.2) is 13.2 Å². The van der Waals surface area contributed by atoms with E-state index in [0.717, 1.165) is 24.2 Å². The van der Waals surface area contributed by atoms with Crippen LogP contribution in [0, 0.1) is 0 Å². The van der Waals surface area contributed by atoms with Gasteiger partial charge in [-0.05, 0) is 31.7 Å². The zero-order valence-corrected chi connectivity index (χ0v) is 12.2. The van der Waals surface area contributed by atoms with Crippen LogP contribution in [0.4, 0.5) is 0 Å². The predicted octanol–water partition coefficient (Wildman–Crippen LogP) is 1.12. The molecule has 1 aromatic heterocycles. The molecule has 110 valence electrons. The quantitative estimate of drug-likeness (QED) is 0.871. The molecule has 0 aliphatic carbocycles. The third-order valence-electron chi connectivity index (χ3n) is 4.00. The molecular weight excluding hydrogens is 302 g/mol. The molecule has 8 heteroatoms. The maximum absolute atomic E-state index is 12.7. The number of piperidine rings is 1. The van der Waals surface area contributed by atoms with Crippen molar-refractivity contribution in [1.29, 1.82) is 0 Å². The van der Waals surface area contributed by atoms with Crippen LogP contribution in [0.25, 0.3) is 0 Å². The van der Waals surface area contributed by atoms with E-state index >= 15 is 0 Å². The van der Waals surface area contributed by atoms with Crippen molar-refractivity contribution >= 4 is 27.3 Å². The summed E-state index contributed by atoms with van der Waals surface area (Å²) in [5.41, 5.74) is -0.00188. The molecule has 3 rings (SSSR count). The Bertz CT molecular complexity index is 624. The standard InChI is InChI=1S/C12H15NO5S2/c14-10-4-8-1-2-9(5-10)13(8)20(17,18)11-3-7(6-19-11)12(15)16/h3,6,8-10,14H,1-2,4-5H2,(H,15,16). The van der Waals surface area contributed by atoms with Gasteiger partial charge in [0.2, 0.25) is 0 Å². The topological polar surface area (TPSA) is 94.9 Å². The molecule has 0 amide bonds. The predicted molar refractivity (Wildman–Crippen MR) is 72.4 cm³/mol. The number of rotatable bonds is 3. The number of carboxylic acids is 1. The second-order valence-electron chi connectivity index (χ2n) is 5.30. The zero-order valence-electron chi connectivity index (χ0n) is 10.6. The lowest BCUT2D eigenvalue weighted by Gasteiger charge is -2.35. The summed E-state index contributed by atoms with van der Waals surface area (Å²) in [7, 11) is -3.66. The Hall–Kier alpha value is -0.960. The first-order chi connectivity index (χ1) is 9.39. The Kier molecular flexibility index (Phi) is 3.36. The molecule has 3 heterocycles. The molecule has 2 saturated heterocycles. The third-order valence-corrected chi connectivity index (χ3v) is 7.42. The van der Waals surface area contributed by atoms with E-state index in [0.29, 0.717) is 12.8 Å². The average molecular weight is 317 g/mol. The van der Waals surface area contributed by atoms with Crippen molar-refractivity contribution in [2.75, 3.05) is 0 Å². The van der Waals surface area contributed by atoms with E-state index in [2.05, 4.69) is 0 Å². The van der Waals surface area contributed by atoms with Crippen LogP contribution in [0.5, 0.6) is 0 Å². The molecule has 2 N–H and O–H groups in total. The summed E-state index contributed by atoms with van der Waals surface area (Å²) >= 11 is 0.938. The largest absolute Gasteiger partial charge is 0.478 e. The van der Waals surface area contributed by atoms with Gasteiger partial charge < -0.3 is 10.2 Å². The SMILES string of the molecule is O=C(O)c1csc(S(=O)(=O)N2C3CCC2CC(O)C3)c1. The monoisotopic (exact) mass is 317 g/mol. The summed E-state index contributed by atoms with van der Waals surface area (Å²) in [4.78, 5) is 10.9. The summed E-state index contributed by atoms with van der Waals surface area (Å²) in [6.45, 7) is 0. The van der Waals surface area contributed by atoms with Crippen molar-refractivity contribution in [1.82, 2.24) is 4.31 Å². The molecule has 0 spiro atoms. The fourth-order valence-corrected chi connectivity index (χ4v) is 6.31. The maximum atomic E-state index is 12.7. The minimum absolute atomic E-state index is 0.00188. The van der Waals surface area contributed by atoms with Crippen LogP contribution in [0.15, 0.2) is 15.7 Å². The average Bonchev–Trinajstić information content (AvgIpc) is 2.94. The van der Waals surface area contributed by atoms with Gasteiger partial charge in [0.15, 0.2) is 0 Å². The Morgan fingerprint density at radius 1 is 1.30 bits per heavy atom. The van der Waals surface area contributed by atoms with Gasteiger partial charge in [0, 0.05) is 17.5 Å². The van der Waals surface area contributed by atoms with Gasteiger partial charge in [-0.2, -0.15) is 4.31 Å². The Balaban J connectivity index is 1.94. The van der Waals surface area contributed by atoms with E-state index in [9.17, 15) is 18.3 Å². The van der Waals surface area contributed by atoms with Crippen molar-refractivity contribution in [2.45, 2.75) is 48.1 Å². The minimum Gasteiger partial charge on any atom is -0.478 e. The van der Waals surface area contributed by atoms with Gasteiger partial charge in [0.25, 0.3) is 10.0 Å². The number of thiophene rings is 1. The lowest BCUT2D eigenvalue weighted by atomic mass is 10.0. The van der Waals surface area contributed by atoms with Gasteiger partial charge in [0.1, 0.15) is 4.21 Å². The fraction of sp³-hybridized carbons (Fsp3) is 0.583. The van der Waals surface area contributed by atoms with E-state index in [1.54, 1.807) is 0 Å². The number of carboxylic acid groups (broad SMARTS) is 1. The molecule has 2 aliphatic rings. The lowest BCUT2D eigenvalue weighted by molar-refractivity contribution is 0.0697. The first-order valence-corrected chi connectivity index (χ1v) is 8.75. The van der Waals surface area contributed by atoms with Crippen molar-refractivity contribution < 1.29 is 23.4 Å². The number of fused-ring (bicyclic) bond motifs is 2. The second kappa shape index (κ2) is 4.80. The molecule has 2 fully saturated rings. The first-order valence-electron chi connectivity index (χ1n) is 6.43. The second-order valence-corrected chi connectivity index (χ2v) is 8.29. The lowest BCUT2D eigenvalue weighted by Crippen LogP contribution is -2.47. The van der Waals surface area contributed by atoms with Crippen LogP contribution in [0.3, 0.4) is 0 Å². The number of aliphatic hydroxyl groups excluding tert-OH is 1. The molecule has 2 bridgehead atoms. The Morgan fingerprint density at radius 2 is 1.90 bits per heavy atom. The maximum Gasteiger partial charge on any atom is 0.336 e. The highest BCUT2D eigenvalue weighted by Gasteiger charge is 2.47. The highest BCUT2D eigenvalue weighted by Crippen LogP contribution is 2.40. The smallest absolute Gasteiger partial charge is 0.336 e. The highest BCUT2D eigenvalue weighted by atomic mass is 32.2. The number of aliphatic hydroxyl groups is 1. The van der Waals surface area contributed by atoms with E-state index in [1.165, 1.54) is 15.8 Å². The van der Waals surface area contributed by atoms with Crippen LogP contribution >= 0.6 is 11.3 Å². The zero-order chi connectivity index (χ0) is 14.5. The number of carbonyl (C=O) groups is 1. The molecule has 2 aliphatic heterocycles. The Labute approximate surface area is 120 Å². The molecule has 1 aromatic rings. The molecular formula is C12H15NO5S2. The van der Waals surface area contributed by atoms with Crippen LogP contribution in [-0.4, -0.2) is 47.1 Å². The number of sulfonamides is 1. The van der Waals surface area contributed by atoms with Crippen molar-refractivity contribution in [2.24, 2.45) is 0 Å². The molecule has 6 nitrogen and oxygen atoms in total. The van der Waals surface area contributed by atoms with E-state index in [1.807, 2.05) is 0 Å². The van der Waals surface area contributed by atoms with Gasteiger partial charge in [-0.3, -0.25) is 0 Å². The molecule has 0 radical (unpaired) electrons. The molecule has 0 aromatic carbocycles. The summed E-state index contributed by atoms with van der Waals surface area (Å²) in [5, 5.41) is 20.0. The summed E-state index contributed by atoms with van der Waals surface area (Å²) in [5.74, 6) is -1.13. The molecule has 2 atom stereocenters. The molecule has 0 saturated carbocycles. The first kappa shape index (κ1) is 14.0. The fourth-order valence-electron chi connectivity index (χ4n) is 3.17. The van der Waals surface area contributed by atoms with Gasteiger partial charge >= 0.3 is 5.97 Å². The number of hydrogen-bond donors (Lipinski definition) is 2. The molecule has 20 heavy (non-hydrogen) atoms. The van der Waals surface area contributed by atoms with Crippen molar-refractivity contribution in [3.63, 3.8) is 0 Å². The van der Waals surface area contributed by atoms with E-state index in [4.69, 9.17) is 5.11 Å². The van der Waals surface area contributed by atoms with Crippen LogP contribution < -0.4 is 0 Å². The van der Waals surface area contributed by atoms with E-state index < -0.39 is 22.1 Å². The third kappa shape index (κ3) is 2.16. The number of aromatic carboxylic acids is 1. The van der Waals surface area contributed by atoms with Gasteiger partial charge in [0.05, 0.1) is 11.7 Å². The van der Waals surface area contributed by atoms with Crippen molar-refractivity contribution in [3.05, 3.63) is 17.0 Å². The van der Waals surface area contributed by atoms with Crippen molar-refractivity contribution in [3.8, 4) is 0 Å². The summed E-state index contributed by atoms with van der Waals surface area (Å²) in [6.07, 6.45) is 2.02. The molecule has 2 unspecified atom stereocenters. The van der Waals surface area contributed by atoms with Crippen LogP contribution in [0.1, 0.15) is 36.0 Å². The number of nitrogens with zero attached hydrogens (tertiary/aromatic N) is 1. The Morgan fingerprint density at radius 3 is 2.40 bits per heavy atom. The minimum atomic E-state index is -3.66. The summed E-state index contributed by atoms with van der Waals surface area (Å²) in [6, 6.07) is 0.889. The highest BCUT2D eigenvalue weighted by molar-refractivity contribution is 7.91. The number of hydrogen-bond acceptors (Lipinski definition) is 5. The summed E-state index contributed by atoms with van der Waals surface area (Å²) < 4.78 is 26.9. The van der Waals surface area contributed by atoms with Gasteiger partial charge in [-0.1, -0.05) is 0 Å². The normalized spacial score (nSPS) is 30.6. The van der Waals surface area contributed by atoms with Crippen LogP contribution in [0.2, 0.25) is 0 Å².